The van der Waals surface area contributed by atoms with E-state index in [-0.39, 0.29) is 10.2 Å². The zero-order valence-electron chi connectivity index (χ0n) is 7.65. The van der Waals surface area contributed by atoms with Gasteiger partial charge in [0.1, 0.15) is 12.1 Å². The van der Waals surface area contributed by atoms with Crippen LogP contribution in [0.1, 0.15) is 0 Å². The smallest absolute Gasteiger partial charge is 0.198 e. The Balaban J connectivity index is 2.59. The van der Waals surface area contributed by atoms with Crippen LogP contribution in [-0.2, 0) is 0 Å². The van der Waals surface area contributed by atoms with Gasteiger partial charge >= 0.3 is 0 Å². The molecule has 3 aromatic rings. The quantitative estimate of drug-likeness (QED) is 0.621. The van der Waals surface area contributed by atoms with E-state index in [2.05, 4.69) is 15.2 Å². The van der Waals surface area contributed by atoms with Gasteiger partial charge in [0.05, 0.1) is 16.1 Å². The predicted octanol–water partition coefficient (Wildman–Crippen LogP) is 2.72. The van der Waals surface area contributed by atoms with Gasteiger partial charge in [-0.05, 0) is 6.07 Å². The molecule has 0 unspecified atom stereocenters. The van der Waals surface area contributed by atoms with Crippen molar-refractivity contribution >= 4 is 39.9 Å². The van der Waals surface area contributed by atoms with Crippen LogP contribution >= 0.6 is 23.2 Å². The molecule has 0 saturated carbocycles. The molecule has 0 spiro atoms. The van der Waals surface area contributed by atoms with Gasteiger partial charge in [0.15, 0.2) is 10.8 Å². The average molecular weight is 257 g/mol. The van der Waals surface area contributed by atoms with Crippen molar-refractivity contribution in [2.75, 3.05) is 0 Å². The van der Waals surface area contributed by atoms with Gasteiger partial charge in [-0.1, -0.05) is 23.2 Å². The van der Waals surface area contributed by atoms with E-state index in [1.54, 1.807) is 4.40 Å². The lowest BCUT2D eigenvalue weighted by Crippen LogP contribution is -1.93. The number of fused-ring (bicyclic) bond motifs is 3. The third-order valence-electron chi connectivity index (χ3n) is 2.23. The second kappa shape index (κ2) is 3.26. The molecule has 0 amide bonds. The molecular weight excluding hydrogens is 254 g/mol. The summed E-state index contributed by atoms with van der Waals surface area (Å²) in [6.45, 7) is 0. The van der Waals surface area contributed by atoms with Gasteiger partial charge in [0.2, 0.25) is 0 Å². The number of halogens is 3. The molecular formula is C9H3Cl2FN4. The van der Waals surface area contributed by atoms with Crippen molar-refractivity contribution in [2.45, 2.75) is 0 Å². The van der Waals surface area contributed by atoms with Crippen molar-refractivity contribution < 1.29 is 4.39 Å². The van der Waals surface area contributed by atoms with Crippen LogP contribution in [0.25, 0.3) is 16.7 Å². The van der Waals surface area contributed by atoms with Gasteiger partial charge in [0.25, 0.3) is 0 Å². The van der Waals surface area contributed by atoms with Gasteiger partial charge in [-0.15, -0.1) is 10.2 Å². The first-order chi connectivity index (χ1) is 7.66. The van der Waals surface area contributed by atoms with Crippen LogP contribution in [0.4, 0.5) is 4.39 Å². The summed E-state index contributed by atoms with van der Waals surface area (Å²) in [5.41, 5.74) is 1.39. The predicted molar refractivity (Wildman–Crippen MR) is 58.3 cm³/mol. The largest absolute Gasteiger partial charge is 0.277 e. The molecule has 2 aromatic heterocycles. The van der Waals surface area contributed by atoms with Crippen LogP contribution in [0.3, 0.4) is 0 Å². The Kier molecular flexibility index (Phi) is 1.99. The molecule has 0 N–H and O–H groups in total. The molecule has 16 heavy (non-hydrogen) atoms. The summed E-state index contributed by atoms with van der Waals surface area (Å²) < 4.78 is 14.9. The number of hydrogen-bond acceptors (Lipinski definition) is 3. The molecule has 2 heterocycles. The van der Waals surface area contributed by atoms with E-state index in [4.69, 9.17) is 23.2 Å². The van der Waals surface area contributed by atoms with Crippen LogP contribution in [0, 0.1) is 5.82 Å². The van der Waals surface area contributed by atoms with Crippen LogP contribution in [-0.4, -0.2) is 19.6 Å². The molecule has 0 radical (unpaired) electrons. The topological polar surface area (TPSA) is 43.1 Å². The Hall–Kier alpha value is -1.46. The third-order valence-corrected chi connectivity index (χ3v) is 2.77. The highest BCUT2D eigenvalue weighted by Gasteiger charge is 2.11. The lowest BCUT2D eigenvalue weighted by atomic mass is 10.3. The highest BCUT2D eigenvalue weighted by Crippen LogP contribution is 2.24. The summed E-state index contributed by atoms with van der Waals surface area (Å²) >= 11 is 11.6. The Bertz CT molecular complexity index is 709. The van der Waals surface area contributed by atoms with Crippen molar-refractivity contribution in [3.05, 3.63) is 34.5 Å². The summed E-state index contributed by atoms with van der Waals surface area (Å²) in [5, 5.41) is 7.69. The zero-order valence-corrected chi connectivity index (χ0v) is 9.17. The number of hydrogen-bond donors (Lipinski definition) is 0. The molecule has 0 aliphatic carbocycles. The number of rotatable bonds is 0. The normalized spacial score (nSPS) is 11.4. The Morgan fingerprint density at radius 2 is 2.06 bits per heavy atom. The Morgan fingerprint density at radius 1 is 1.25 bits per heavy atom. The van der Waals surface area contributed by atoms with Crippen LogP contribution in [0.15, 0.2) is 18.5 Å². The number of nitrogens with zero attached hydrogens (tertiary/aromatic N) is 4. The highest BCUT2D eigenvalue weighted by molar-refractivity contribution is 6.33. The van der Waals surface area contributed by atoms with E-state index in [1.165, 1.54) is 18.5 Å². The van der Waals surface area contributed by atoms with Crippen LogP contribution in [0.2, 0.25) is 10.2 Å². The lowest BCUT2D eigenvalue weighted by molar-refractivity contribution is 0.629. The first kappa shape index (κ1) is 9.74. The van der Waals surface area contributed by atoms with Crippen LogP contribution < -0.4 is 0 Å². The fraction of sp³-hybridized carbons (Fsp3) is 0. The maximum Gasteiger partial charge on any atom is 0.198 e. The molecule has 3 rings (SSSR count). The molecule has 0 fully saturated rings. The van der Waals surface area contributed by atoms with Crippen molar-refractivity contribution in [1.29, 1.82) is 0 Å². The third kappa shape index (κ3) is 1.25. The number of benzene rings is 1. The first-order valence-electron chi connectivity index (χ1n) is 4.31. The minimum atomic E-state index is -0.520. The monoisotopic (exact) mass is 256 g/mol. The minimum absolute atomic E-state index is 0.00323. The lowest BCUT2D eigenvalue weighted by Gasteiger charge is -2.03. The Labute approximate surface area is 98.6 Å². The minimum Gasteiger partial charge on any atom is -0.277 e. The molecule has 0 atom stereocenters. The highest BCUT2D eigenvalue weighted by atomic mass is 35.5. The first-order valence-corrected chi connectivity index (χ1v) is 5.06. The SMILES string of the molecule is Fc1cc2c(cc1Cl)nc(Cl)c1nncn12. The molecule has 0 saturated heterocycles. The van der Waals surface area contributed by atoms with Crippen molar-refractivity contribution in [2.24, 2.45) is 0 Å². The van der Waals surface area contributed by atoms with Crippen LogP contribution in [0.5, 0.6) is 0 Å². The second-order valence-corrected chi connectivity index (χ2v) is 3.95. The summed E-state index contributed by atoms with van der Waals surface area (Å²) in [7, 11) is 0. The summed E-state index contributed by atoms with van der Waals surface area (Å²) in [4.78, 5) is 4.07. The van der Waals surface area contributed by atoms with Gasteiger partial charge in [-0.3, -0.25) is 4.40 Å². The van der Waals surface area contributed by atoms with Gasteiger partial charge in [-0.2, -0.15) is 0 Å². The molecule has 1 aromatic carbocycles. The van der Waals surface area contributed by atoms with Gasteiger partial charge in [0, 0.05) is 6.07 Å². The molecule has 80 valence electrons. The van der Waals surface area contributed by atoms with E-state index >= 15 is 0 Å². The maximum absolute atomic E-state index is 13.3. The molecule has 4 nitrogen and oxygen atoms in total. The maximum atomic E-state index is 13.3. The van der Waals surface area contributed by atoms with Gasteiger partial charge < -0.3 is 0 Å². The van der Waals surface area contributed by atoms with E-state index in [0.29, 0.717) is 16.7 Å². The van der Waals surface area contributed by atoms with E-state index in [1.807, 2.05) is 0 Å². The molecule has 7 heteroatoms. The summed E-state index contributed by atoms with van der Waals surface area (Å²) in [5.74, 6) is -0.520. The van der Waals surface area contributed by atoms with E-state index in [9.17, 15) is 4.39 Å². The van der Waals surface area contributed by atoms with E-state index < -0.39 is 5.82 Å². The van der Waals surface area contributed by atoms with Crippen molar-refractivity contribution in [1.82, 2.24) is 19.6 Å². The van der Waals surface area contributed by atoms with Crippen molar-refractivity contribution in [3.63, 3.8) is 0 Å². The van der Waals surface area contributed by atoms with Gasteiger partial charge in [-0.25, -0.2) is 9.37 Å². The van der Waals surface area contributed by atoms with Crippen molar-refractivity contribution in [3.8, 4) is 0 Å². The molecule has 0 aliphatic rings. The Morgan fingerprint density at radius 3 is 2.88 bits per heavy atom. The zero-order chi connectivity index (χ0) is 11.3. The fourth-order valence-electron chi connectivity index (χ4n) is 1.52. The molecule has 0 bridgehead atoms. The summed E-state index contributed by atoms with van der Waals surface area (Å²) in [6, 6.07) is 2.69. The fourth-order valence-corrected chi connectivity index (χ4v) is 1.89. The average Bonchev–Trinajstić information content (AvgIpc) is 2.71. The second-order valence-electron chi connectivity index (χ2n) is 3.18. The standard InChI is InChI=1S/C9H3Cl2FN4/c10-4-1-6-7(2-5(4)12)16-3-13-15-9(16)8(11)14-6/h1-3H. The number of aromatic nitrogens is 4. The summed E-state index contributed by atoms with van der Waals surface area (Å²) in [6.07, 6.45) is 1.44. The van der Waals surface area contributed by atoms with E-state index in [0.717, 1.165) is 0 Å². The molecule has 0 aliphatic heterocycles.